The summed E-state index contributed by atoms with van der Waals surface area (Å²) in [4.78, 5) is 26.0. The molecule has 5 rings (SSSR count). The van der Waals surface area contributed by atoms with Crippen LogP contribution in [0.4, 0.5) is 0 Å². The fourth-order valence-corrected chi connectivity index (χ4v) is 8.25. The lowest BCUT2D eigenvalue weighted by Crippen LogP contribution is -2.79. The average Bonchev–Trinajstić information content (AvgIpc) is 3.06. The summed E-state index contributed by atoms with van der Waals surface area (Å²) in [7, 11) is 0. The van der Waals surface area contributed by atoms with Gasteiger partial charge < -0.3 is 34.6 Å². The molecule has 0 aromatic rings. The van der Waals surface area contributed by atoms with Gasteiger partial charge in [-0.15, -0.1) is 0 Å². The molecule has 4 unspecified atom stereocenters. The zero-order chi connectivity index (χ0) is 25.0. The third-order valence-electron chi connectivity index (χ3n) is 10.1. The fourth-order valence-electron chi connectivity index (χ4n) is 8.25. The Labute approximate surface area is 199 Å². The highest BCUT2D eigenvalue weighted by molar-refractivity contribution is 5.82. The molecule has 0 radical (unpaired) electrons. The van der Waals surface area contributed by atoms with Gasteiger partial charge in [-0.2, -0.15) is 0 Å². The number of esters is 2. The molecule has 2 bridgehead atoms. The van der Waals surface area contributed by atoms with Crippen LogP contribution in [-0.2, 0) is 23.8 Å². The van der Waals surface area contributed by atoms with Crippen molar-refractivity contribution in [1.29, 1.82) is 0 Å². The van der Waals surface area contributed by atoms with Crippen LogP contribution >= 0.6 is 0 Å². The van der Waals surface area contributed by atoms with Gasteiger partial charge in [0.25, 0.3) is 0 Å². The number of carbonyl (C=O) groups is 2. The fraction of sp³-hybridized carbons (Fsp3) is 0.840. The molecule has 9 nitrogen and oxygen atoms in total. The lowest BCUT2D eigenvalue weighted by Gasteiger charge is -2.68. The maximum atomic E-state index is 13.3. The molecule has 2 heterocycles. The lowest BCUT2D eigenvalue weighted by atomic mass is 9.38. The summed E-state index contributed by atoms with van der Waals surface area (Å²) in [6.07, 6.45) is -4.53. The first kappa shape index (κ1) is 24.2. The molecule has 2 saturated heterocycles. The van der Waals surface area contributed by atoms with Crippen LogP contribution in [0.3, 0.4) is 0 Å². The first-order chi connectivity index (χ1) is 15.8. The summed E-state index contributed by atoms with van der Waals surface area (Å²) in [6.45, 7) is 8.95. The van der Waals surface area contributed by atoms with E-state index in [4.69, 9.17) is 14.2 Å². The van der Waals surface area contributed by atoms with Gasteiger partial charge in [-0.3, -0.25) is 4.79 Å². The number of hydrogen-bond acceptors (Lipinski definition) is 9. The van der Waals surface area contributed by atoms with Gasteiger partial charge >= 0.3 is 11.9 Å². The highest BCUT2D eigenvalue weighted by Gasteiger charge is 2.82. The highest BCUT2D eigenvalue weighted by Crippen LogP contribution is 2.72. The first-order valence-electron chi connectivity index (χ1n) is 12.3. The zero-order valence-electron chi connectivity index (χ0n) is 20.3. The molecule has 1 spiro atoms. The quantitative estimate of drug-likeness (QED) is 0.332. The molecule has 0 aromatic carbocycles. The number of rotatable bonds is 3. The van der Waals surface area contributed by atoms with Gasteiger partial charge in [0.05, 0.1) is 36.8 Å². The van der Waals surface area contributed by atoms with E-state index in [0.717, 1.165) is 5.57 Å². The van der Waals surface area contributed by atoms with Crippen molar-refractivity contribution >= 4 is 11.9 Å². The molecule has 9 heteroatoms. The normalized spacial score (nSPS) is 54.3. The van der Waals surface area contributed by atoms with Gasteiger partial charge in [0, 0.05) is 16.7 Å². The number of aliphatic hydroxyl groups is 4. The number of hydrogen-bond donors (Lipinski definition) is 4. The van der Waals surface area contributed by atoms with Crippen molar-refractivity contribution in [3.8, 4) is 0 Å². The number of allylic oxidation sites excluding steroid dienone is 1. The van der Waals surface area contributed by atoms with Crippen LogP contribution < -0.4 is 0 Å². The van der Waals surface area contributed by atoms with Crippen LogP contribution in [-0.4, -0.2) is 81.2 Å². The lowest BCUT2D eigenvalue weighted by molar-refractivity contribution is -0.304. The van der Waals surface area contributed by atoms with Gasteiger partial charge in [-0.1, -0.05) is 32.4 Å². The molecule has 34 heavy (non-hydrogen) atoms. The molecular weight excluding hydrogens is 444 g/mol. The van der Waals surface area contributed by atoms with Crippen molar-refractivity contribution in [3.63, 3.8) is 0 Å². The summed E-state index contributed by atoms with van der Waals surface area (Å²) in [5.41, 5.74) is -2.58. The second kappa shape index (κ2) is 7.49. The van der Waals surface area contributed by atoms with E-state index in [0.29, 0.717) is 12.8 Å². The summed E-state index contributed by atoms with van der Waals surface area (Å²) in [6, 6.07) is 0. The van der Waals surface area contributed by atoms with Gasteiger partial charge in [-0.05, 0) is 32.6 Å². The van der Waals surface area contributed by atoms with Gasteiger partial charge in [-0.25, -0.2) is 4.79 Å². The van der Waals surface area contributed by atoms with E-state index < -0.39 is 82.7 Å². The summed E-state index contributed by atoms with van der Waals surface area (Å²) in [5.74, 6) is -3.51. The monoisotopic (exact) mass is 480 g/mol. The third-order valence-corrected chi connectivity index (χ3v) is 10.1. The van der Waals surface area contributed by atoms with Crippen LogP contribution in [0.2, 0.25) is 0 Å². The Balaban J connectivity index is 1.68. The molecular formula is C25H36O9. The van der Waals surface area contributed by atoms with Crippen LogP contribution in [0, 0.1) is 34.5 Å². The molecule has 13 atom stereocenters. The Kier molecular flexibility index (Phi) is 5.33. The first-order valence-corrected chi connectivity index (χ1v) is 12.3. The van der Waals surface area contributed by atoms with Crippen LogP contribution in [0.1, 0.15) is 47.5 Å². The van der Waals surface area contributed by atoms with Gasteiger partial charge in [0.15, 0.2) is 0 Å². The van der Waals surface area contributed by atoms with E-state index in [2.05, 4.69) is 0 Å². The summed E-state index contributed by atoms with van der Waals surface area (Å²) < 4.78 is 17.9. The van der Waals surface area contributed by atoms with Crippen molar-refractivity contribution in [2.45, 2.75) is 89.7 Å². The second-order valence-corrected chi connectivity index (χ2v) is 11.6. The average molecular weight is 481 g/mol. The van der Waals surface area contributed by atoms with E-state index in [1.165, 1.54) is 0 Å². The molecule has 3 aliphatic carbocycles. The Morgan fingerprint density at radius 3 is 2.53 bits per heavy atom. The van der Waals surface area contributed by atoms with Crippen LogP contribution in [0.25, 0.3) is 0 Å². The van der Waals surface area contributed by atoms with Crippen LogP contribution in [0.15, 0.2) is 11.6 Å². The maximum absolute atomic E-state index is 13.3. The summed E-state index contributed by atoms with van der Waals surface area (Å²) >= 11 is 0. The highest BCUT2D eigenvalue weighted by atomic mass is 16.6. The van der Waals surface area contributed by atoms with Gasteiger partial charge in [0.1, 0.15) is 17.8 Å². The molecule has 5 aliphatic rings. The van der Waals surface area contributed by atoms with Gasteiger partial charge in [0.2, 0.25) is 6.10 Å². The Morgan fingerprint density at radius 1 is 1.21 bits per heavy atom. The number of ether oxygens (including phenoxy) is 3. The Hall–Kier alpha value is -1.52. The minimum absolute atomic E-state index is 0.0656. The topological polar surface area (TPSA) is 143 Å². The molecule has 190 valence electrons. The van der Waals surface area contributed by atoms with E-state index in [-0.39, 0.29) is 12.5 Å². The van der Waals surface area contributed by atoms with E-state index in [9.17, 15) is 30.0 Å². The van der Waals surface area contributed by atoms with Crippen LogP contribution in [0.5, 0.6) is 0 Å². The molecule has 0 aromatic heterocycles. The zero-order valence-corrected chi connectivity index (χ0v) is 20.3. The largest absolute Gasteiger partial charge is 0.459 e. The number of carbonyl (C=O) groups excluding carboxylic acids is 2. The minimum Gasteiger partial charge on any atom is -0.459 e. The maximum Gasteiger partial charge on any atom is 0.348 e. The predicted molar refractivity (Wildman–Crippen MR) is 117 cm³/mol. The van der Waals surface area contributed by atoms with Crippen molar-refractivity contribution in [3.05, 3.63) is 11.6 Å². The molecule has 4 fully saturated rings. The number of fused-ring (bicyclic) bond motifs is 2. The van der Waals surface area contributed by atoms with E-state index in [1.807, 2.05) is 20.8 Å². The standard InChI is InChI=1S/C25H36O9/c1-6-10(2)21(30)34-16-18-24(5)20(29)15(27)17-23(4)12(11(3)7-13(26)19(23)28)8-14(33-22(16)31)25(17,18)9-32-24/h7,10,12-20,26-29H,6,8-9H2,1-5H3/t10?,12?,13-,14+,15?,16+,17?,18-,19+,20-,23-,24+,25+/m0/s1. The second-order valence-electron chi connectivity index (χ2n) is 11.6. The van der Waals surface area contributed by atoms with Crippen molar-refractivity contribution in [1.82, 2.24) is 0 Å². The van der Waals surface area contributed by atoms with Crippen molar-refractivity contribution < 1.29 is 44.2 Å². The molecule has 2 aliphatic heterocycles. The van der Waals surface area contributed by atoms with Crippen molar-refractivity contribution in [2.24, 2.45) is 34.5 Å². The Morgan fingerprint density at radius 2 is 1.88 bits per heavy atom. The molecule has 0 amide bonds. The predicted octanol–water partition coefficient (Wildman–Crippen LogP) is 0.321. The Bertz CT molecular complexity index is 933. The SMILES string of the molecule is CCC(C)C(=O)O[C@H]1C(=O)O[C@@H]2CC3C(C)=C[C@H](O)[C@@H](O)[C@]3(C)C3C(O)[C@H](O)[C@]4(C)OC[C@]32[C@@H]14. The third kappa shape index (κ3) is 2.68. The minimum atomic E-state index is -1.40. The van der Waals surface area contributed by atoms with E-state index >= 15 is 0 Å². The van der Waals surface area contributed by atoms with E-state index in [1.54, 1.807) is 19.9 Å². The smallest absolute Gasteiger partial charge is 0.348 e. The molecule has 4 N–H and O–H groups in total. The number of aliphatic hydroxyl groups excluding tert-OH is 4. The molecule has 2 saturated carbocycles. The van der Waals surface area contributed by atoms with Crippen molar-refractivity contribution in [2.75, 3.05) is 6.61 Å². The summed E-state index contributed by atoms with van der Waals surface area (Å²) in [5, 5.41) is 44.8.